The van der Waals surface area contributed by atoms with Gasteiger partial charge in [0, 0.05) is 35.3 Å². The number of rotatable bonds is 7. The van der Waals surface area contributed by atoms with Gasteiger partial charge in [-0.3, -0.25) is 0 Å². The SMILES string of the molecule is CCOC(=O)C(O)(C(=O)OCC)c1c(/C=C/C(=O)OC)n(C)c2ccccc12. The summed E-state index contributed by atoms with van der Waals surface area (Å²) < 4.78 is 16.2. The van der Waals surface area contributed by atoms with E-state index in [0.29, 0.717) is 10.9 Å². The van der Waals surface area contributed by atoms with Crippen molar-refractivity contribution in [2.24, 2.45) is 7.05 Å². The van der Waals surface area contributed by atoms with Gasteiger partial charge in [0.1, 0.15) is 0 Å². The lowest BCUT2D eigenvalue weighted by molar-refractivity contribution is -0.184. The van der Waals surface area contributed by atoms with E-state index in [9.17, 15) is 19.5 Å². The number of aryl methyl sites for hydroxylation is 1. The number of benzene rings is 1. The van der Waals surface area contributed by atoms with Crippen molar-refractivity contribution in [1.29, 1.82) is 0 Å². The molecule has 0 saturated carbocycles. The minimum Gasteiger partial charge on any atom is -0.466 e. The molecule has 0 atom stereocenters. The number of aliphatic hydroxyl groups is 1. The van der Waals surface area contributed by atoms with Crippen LogP contribution in [0.2, 0.25) is 0 Å². The average Bonchev–Trinajstić information content (AvgIpc) is 2.98. The Hall–Kier alpha value is -3.13. The van der Waals surface area contributed by atoms with Crippen LogP contribution in [-0.2, 0) is 41.2 Å². The van der Waals surface area contributed by atoms with Crippen LogP contribution in [0.15, 0.2) is 30.3 Å². The summed E-state index contributed by atoms with van der Waals surface area (Å²) in [5, 5.41) is 11.7. The highest BCUT2D eigenvalue weighted by Gasteiger charge is 2.52. The molecule has 1 aromatic carbocycles. The summed E-state index contributed by atoms with van der Waals surface area (Å²) >= 11 is 0. The largest absolute Gasteiger partial charge is 0.466 e. The van der Waals surface area contributed by atoms with E-state index in [-0.39, 0.29) is 24.5 Å². The van der Waals surface area contributed by atoms with Crippen molar-refractivity contribution in [2.45, 2.75) is 19.4 Å². The van der Waals surface area contributed by atoms with Gasteiger partial charge in [0.2, 0.25) is 0 Å². The Morgan fingerprint density at radius 3 is 2.21 bits per heavy atom. The molecule has 0 amide bonds. The van der Waals surface area contributed by atoms with Gasteiger partial charge < -0.3 is 23.9 Å². The number of carbonyl (C=O) groups is 3. The number of nitrogens with zero attached hydrogens (tertiary/aromatic N) is 1. The first kappa shape index (κ1) is 21.2. The summed E-state index contributed by atoms with van der Waals surface area (Å²) in [7, 11) is 2.90. The second kappa shape index (κ2) is 8.71. The fraction of sp³-hybridized carbons (Fsp3) is 0.350. The van der Waals surface area contributed by atoms with Gasteiger partial charge in [-0.2, -0.15) is 0 Å². The first-order valence-electron chi connectivity index (χ1n) is 8.73. The zero-order valence-corrected chi connectivity index (χ0v) is 16.2. The molecule has 0 unspecified atom stereocenters. The molecule has 0 aliphatic carbocycles. The second-order valence-corrected chi connectivity index (χ2v) is 5.84. The Morgan fingerprint density at radius 1 is 1.11 bits per heavy atom. The molecule has 0 saturated heterocycles. The number of esters is 3. The van der Waals surface area contributed by atoms with Gasteiger partial charge in [-0.1, -0.05) is 18.2 Å². The Morgan fingerprint density at radius 2 is 1.68 bits per heavy atom. The Kier molecular flexibility index (Phi) is 6.58. The number of aromatic nitrogens is 1. The molecule has 28 heavy (non-hydrogen) atoms. The number of ether oxygens (including phenoxy) is 3. The molecule has 0 aliphatic rings. The fourth-order valence-corrected chi connectivity index (χ4v) is 2.96. The van der Waals surface area contributed by atoms with Crippen molar-refractivity contribution in [2.75, 3.05) is 20.3 Å². The topological polar surface area (TPSA) is 104 Å². The van der Waals surface area contributed by atoms with Crippen LogP contribution < -0.4 is 0 Å². The molecule has 1 heterocycles. The van der Waals surface area contributed by atoms with Crippen LogP contribution in [-0.4, -0.2) is 47.9 Å². The van der Waals surface area contributed by atoms with Gasteiger partial charge in [-0.25, -0.2) is 14.4 Å². The molecule has 2 aromatic rings. The first-order valence-corrected chi connectivity index (χ1v) is 8.73. The summed E-state index contributed by atoms with van der Waals surface area (Å²) in [6.07, 6.45) is 2.50. The zero-order valence-electron chi connectivity index (χ0n) is 16.2. The number of fused-ring (bicyclic) bond motifs is 1. The first-order chi connectivity index (χ1) is 13.3. The zero-order chi connectivity index (χ0) is 20.9. The lowest BCUT2D eigenvalue weighted by Crippen LogP contribution is -2.46. The molecule has 0 fully saturated rings. The molecule has 1 N–H and O–H groups in total. The van der Waals surface area contributed by atoms with Crippen LogP contribution in [0.3, 0.4) is 0 Å². The van der Waals surface area contributed by atoms with Crippen LogP contribution in [0.25, 0.3) is 17.0 Å². The fourth-order valence-electron chi connectivity index (χ4n) is 2.96. The third kappa shape index (κ3) is 3.63. The van der Waals surface area contributed by atoms with Crippen molar-refractivity contribution >= 4 is 34.9 Å². The molecule has 8 heteroatoms. The summed E-state index contributed by atoms with van der Waals surface area (Å²) in [4.78, 5) is 36.9. The Balaban J connectivity index is 2.86. The average molecular weight is 389 g/mol. The van der Waals surface area contributed by atoms with Gasteiger partial charge in [0.25, 0.3) is 5.60 Å². The Labute approximate surface area is 162 Å². The minimum atomic E-state index is -2.71. The molecule has 0 spiro atoms. The number of hydrogen-bond acceptors (Lipinski definition) is 7. The van der Waals surface area contributed by atoms with Crippen molar-refractivity contribution in [1.82, 2.24) is 4.57 Å². The van der Waals surface area contributed by atoms with E-state index in [1.807, 2.05) is 0 Å². The summed E-state index contributed by atoms with van der Waals surface area (Å²) in [6.45, 7) is 3.03. The number of methoxy groups -OCH3 is 1. The number of para-hydroxylation sites is 1. The maximum atomic E-state index is 12.7. The normalized spacial score (nSPS) is 11.6. The van der Waals surface area contributed by atoms with Gasteiger partial charge >= 0.3 is 17.9 Å². The van der Waals surface area contributed by atoms with E-state index in [1.54, 1.807) is 49.7 Å². The highest BCUT2D eigenvalue weighted by Crippen LogP contribution is 2.37. The smallest absolute Gasteiger partial charge is 0.355 e. The predicted octanol–water partition coefficient (Wildman–Crippen LogP) is 1.68. The van der Waals surface area contributed by atoms with Crippen LogP contribution >= 0.6 is 0 Å². The second-order valence-electron chi connectivity index (χ2n) is 5.84. The van der Waals surface area contributed by atoms with Crippen molar-refractivity contribution in [3.63, 3.8) is 0 Å². The minimum absolute atomic E-state index is 0.0253. The van der Waals surface area contributed by atoms with E-state index in [2.05, 4.69) is 4.74 Å². The van der Waals surface area contributed by atoms with Crippen molar-refractivity contribution in [3.8, 4) is 0 Å². The van der Waals surface area contributed by atoms with Crippen LogP contribution in [0.5, 0.6) is 0 Å². The van der Waals surface area contributed by atoms with E-state index in [1.165, 1.54) is 13.2 Å². The Bertz CT molecular complexity index is 908. The number of carbonyl (C=O) groups excluding carboxylic acids is 3. The van der Waals surface area contributed by atoms with Gasteiger partial charge in [-0.05, 0) is 26.0 Å². The van der Waals surface area contributed by atoms with Crippen LogP contribution in [0.1, 0.15) is 25.1 Å². The third-order valence-corrected chi connectivity index (χ3v) is 4.23. The molecule has 2 rings (SSSR count). The van der Waals surface area contributed by atoms with Gasteiger partial charge in [0.15, 0.2) is 0 Å². The van der Waals surface area contributed by atoms with E-state index >= 15 is 0 Å². The molecular weight excluding hydrogens is 366 g/mol. The quantitative estimate of drug-likeness (QED) is 0.332. The van der Waals surface area contributed by atoms with Crippen LogP contribution in [0, 0.1) is 0 Å². The van der Waals surface area contributed by atoms with Crippen molar-refractivity contribution in [3.05, 3.63) is 41.6 Å². The van der Waals surface area contributed by atoms with Crippen molar-refractivity contribution < 1.29 is 33.7 Å². The molecule has 0 radical (unpaired) electrons. The summed E-state index contributed by atoms with van der Waals surface area (Å²) in [6, 6.07) is 6.89. The standard InChI is InChI=1S/C20H23NO7/c1-5-27-18(23)20(25,19(24)28-6-2)17-13-9-7-8-10-14(13)21(3)15(17)11-12-16(22)26-4/h7-12,25H,5-6H2,1-4H3/b12-11+. The highest BCUT2D eigenvalue weighted by atomic mass is 16.6. The summed E-state index contributed by atoms with van der Waals surface area (Å²) in [5.41, 5.74) is -1.84. The van der Waals surface area contributed by atoms with Gasteiger partial charge in [0.05, 0.1) is 20.3 Å². The van der Waals surface area contributed by atoms with Crippen LogP contribution in [0.4, 0.5) is 0 Å². The van der Waals surface area contributed by atoms with E-state index < -0.39 is 23.5 Å². The predicted molar refractivity (Wildman–Crippen MR) is 101 cm³/mol. The monoisotopic (exact) mass is 389 g/mol. The van der Waals surface area contributed by atoms with Gasteiger partial charge in [-0.15, -0.1) is 0 Å². The lowest BCUT2D eigenvalue weighted by Gasteiger charge is -2.24. The molecule has 8 nitrogen and oxygen atoms in total. The molecular formula is C20H23NO7. The summed E-state index contributed by atoms with van der Waals surface area (Å²) in [5.74, 6) is -2.94. The third-order valence-electron chi connectivity index (χ3n) is 4.23. The van der Waals surface area contributed by atoms with E-state index in [0.717, 1.165) is 6.08 Å². The highest BCUT2D eigenvalue weighted by molar-refractivity contribution is 6.09. The van der Waals surface area contributed by atoms with E-state index in [4.69, 9.17) is 9.47 Å². The molecule has 1 aromatic heterocycles. The molecule has 0 aliphatic heterocycles. The maximum absolute atomic E-state index is 12.7. The molecule has 0 bridgehead atoms. The molecule has 150 valence electrons. The maximum Gasteiger partial charge on any atom is 0.355 e. The lowest BCUT2D eigenvalue weighted by atomic mass is 9.90. The number of hydrogen-bond donors (Lipinski definition) is 1.